The Morgan fingerprint density at radius 2 is 1.85 bits per heavy atom. The van der Waals surface area contributed by atoms with Crippen molar-refractivity contribution < 1.29 is 0 Å². The van der Waals surface area contributed by atoms with Crippen molar-refractivity contribution in [3.8, 4) is 0 Å². The molecule has 2 aliphatic heterocycles. The minimum absolute atomic E-state index is 0. The van der Waals surface area contributed by atoms with Gasteiger partial charge in [-0.25, -0.2) is 9.48 Å². The van der Waals surface area contributed by atoms with Crippen LogP contribution in [0.15, 0.2) is 40.1 Å². The highest BCUT2D eigenvalue weighted by atomic mass is 127. The summed E-state index contributed by atoms with van der Waals surface area (Å²) in [7, 11) is 0. The van der Waals surface area contributed by atoms with Gasteiger partial charge in [-0.05, 0) is 57.7 Å². The van der Waals surface area contributed by atoms with Gasteiger partial charge in [-0.2, -0.15) is 5.10 Å². The van der Waals surface area contributed by atoms with Gasteiger partial charge in [0.25, 0.3) is 0 Å². The van der Waals surface area contributed by atoms with Gasteiger partial charge in [0, 0.05) is 32.6 Å². The highest BCUT2D eigenvalue weighted by molar-refractivity contribution is 14.0. The summed E-state index contributed by atoms with van der Waals surface area (Å²) < 4.78 is 3.47. The number of nitrogens with one attached hydrogen (secondary N) is 2. The number of aryl methyl sites for hydroxylation is 2. The molecular formula is C24H38IN7O. The van der Waals surface area contributed by atoms with E-state index in [1.54, 1.807) is 4.68 Å². The summed E-state index contributed by atoms with van der Waals surface area (Å²) in [5.41, 5.74) is 1.37. The van der Waals surface area contributed by atoms with E-state index in [1.165, 1.54) is 18.4 Å². The second-order valence-electron chi connectivity index (χ2n) is 8.70. The summed E-state index contributed by atoms with van der Waals surface area (Å²) in [4.78, 5) is 19.9. The molecule has 2 aliphatic rings. The van der Waals surface area contributed by atoms with Crippen LogP contribution in [0.2, 0.25) is 0 Å². The molecule has 2 aromatic rings. The molecule has 33 heavy (non-hydrogen) atoms. The lowest BCUT2D eigenvalue weighted by atomic mass is 10.1. The Labute approximate surface area is 213 Å². The molecule has 0 saturated carbocycles. The van der Waals surface area contributed by atoms with E-state index in [2.05, 4.69) is 57.9 Å². The van der Waals surface area contributed by atoms with Crippen molar-refractivity contribution in [2.24, 2.45) is 4.99 Å². The Morgan fingerprint density at radius 1 is 1.09 bits per heavy atom. The fraction of sp³-hybridized carbons (Fsp3) is 0.625. The Morgan fingerprint density at radius 3 is 2.58 bits per heavy atom. The molecule has 1 unspecified atom stereocenters. The Bertz CT molecular complexity index is 934. The van der Waals surface area contributed by atoms with Crippen molar-refractivity contribution >= 4 is 29.9 Å². The molecule has 1 atom stereocenters. The maximum atomic E-state index is 12.5. The van der Waals surface area contributed by atoms with Crippen molar-refractivity contribution in [2.45, 2.75) is 64.6 Å². The average Bonchev–Trinajstić information content (AvgIpc) is 3.46. The lowest BCUT2D eigenvalue weighted by Crippen LogP contribution is -2.39. The van der Waals surface area contributed by atoms with Crippen molar-refractivity contribution in [1.82, 2.24) is 29.9 Å². The second-order valence-corrected chi connectivity index (χ2v) is 8.70. The van der Waals surface area contributed by atoms with Crippen LogP contribution in [0.1, 0.15) is 56.5 Å². The number of hydrogen-bond donors (Lipinski definition) is 2. The van der Waals surface area contributed by atoms with E-state index in [0.717, 1.165) is 76.7 Å². The zero-order valence-corrected chi connectivity index (χ0v) is 22.0. The molecule has 3 heterocycles. The Hall–Kier alpha value is -1.88. The number of rotatable bonds is 9. The van der Waals surface area contributed by atoms with E-state index in [9.17, 15) is 4.79 Å². The standard InChI is InChI=1S/C24H37N7O.HI/c1-2-25-23(26-14-10-18-31-24(32)30-17-7-6-13-22(30)28-31)27-19-21(29-15-8-9-16-29)20-11-4-3-5-12-20;/h3-5,11-12,21H,2,6-10,13-19H2,1H3,(H2,25,26,27);1H. The highest BCUT2D eigenvalue weighted by Crippen LogP contribution is 2.25. The number of aromatic nitrogens is 3. The third-order valence-corrected chi connectivity index (χ3v) is 6.40. The van der Waals surface area contributed by atoms with E-state index in [4.69, 9.17) is 4.99 Å². The zero-order chi connectivity index (χ0) is 22.2. The Balaban J connectivity index is 0.00000306. The third kappa shape index (κ3) is 6.81. The lowest BCUT2D eigenvalue weighted by molar-refractivity contribution is 0.251. The van der Waals surface area contributed by atoms with Crippen molar-refractivity contribution in [1.29, 1.82) is 0 Å². The molecule has 0 radical (unpaired) electrons. The fourth-order valence-corrected chi connectivity index (χ4v) is 4.71. The summed E-state index contributed by atoms with van der Waals surface area (Å²) in [6, 6.07) is 11.0. The third-order valence-electron chi connectivity index (χ3n) is 6.40. The largest absolute Gasteiger partial charge is 0.357 e. The molecule has 0 bridgehead atoms. The van der Waals surface area contributed by atoms with Gasteiger partial charge >= 0.3 is 5.69 Å². The molecule has 1 saturated heterocycles. The monoisotopic (exact) mass is 567 g/mol. The first-order valence-electron chi connectivity index (χ1n) is 12.2. The second kappa shape index (κ2) is 13.1. The minimum Gasteiger partial charge on any atom is -0.357 e. The van der Waals surface area contributed by atoms with Crippen LogP contribution >= 0.6 is 24.0 Å². The quantitative estimate of drug-likeness (QED) is 0.211. The van der Waals surface area contributed by atoms with Crippen LogP contribution in [-0.2, 0) is 19.5 Å². The average molecular weight is 568 g/mol. The first kappa shape index (κ1) is 25.7. The normalized spacial score (nSPS) is 17.3. The van der Waals surface area contributed by atoms with Crippen molar-refractivity contribution in [3.63, 3.8) is 0 Å². The van der Waals surface area contributed by atoms with E-state index in [1.807, 2.05) is 4.57 Å². The van der Waals surface area contributed by atoms with Crippen molar-refractivity contribution in [2.75, 3.05) is 32.7 Å². The van der Waals surface area contributed by atoms with Crippen LogP contribution in [0, 0.1) is 0 Å². The van der Waals surface area contributed by atoms with Gasteiger partial charge in [-0.15, -0.1) is 24.0 Å². The lowest BCUT2D eigenvalue weighted by Gasteiger charge is -2.27. The smallest absolute Gasteiger partial charge is 0.345 e. The van der Waals surface area contributed by atoms with Gasteiger partial charge in [-0.1, -0.05) is 30.3 Å². The van der Waals surface area contributed by atoms with Crippen LogP contribution in [0.5, 0.6) is 0 Å². The predicted octanol–water partition coefficient (Wildman–Crippen LogP) is 2.78. The maximum Gasteiger partial charge on any atom is 0.345 e. The molecule has 0 spiro atoms. The van der Waals surface area contributed by atoms with Gasteiger partial charge in [-0.3, -0.25) is 14.5 Å². The van der Waals surface area contributed by atoms with E-state index < -0.39 is 0 Å². The first-order valence-corrected chi connectivity index (χ1v) is 12.2. The molecule has 0 amide bonds. The van der Waals surface area contributed by atoms with Gasteiger partial charge in [0.05, 0.1) is 12.6 Å². The summed E-state index contributed by atoms with van der Waals surface area (Å²) in [6.07, 6.45) is 6.47. The van der Waals surface area contributed by atoms with E-state index in [0.29, 0.717) is 12.6 Å². The number of fused-ring (bicyclic) bond motifs is 1. The van der Waals surface area contributed by atoms with Crippen LogP contribution in [0.3, 0.4) is 0 Å². The number of likely N-dealkylation sites (tertiary alicyclic amines) is 1. The van der Waals surface area contributed by atoms with Crippen molar-refractivity contribution in [3.05, 3.63) is 52.2 Å². The fourth-order valence-electron chi connectivity index (χ4n) is 4.71. The molecule has 1 aromatic carbocycles. The van der Waals surface area contributed by atoms with E-state index in [-0.39, 0.29) is 29.7 Å². The van der Waals surface area contributed by atoms with E-state index >= 15 is 0 Å². The molecule has 1 aromatic heterocycles. The topological polar surface area (TPSA) is 79.5 Å². The van der Waals surface area contributed by atoms with Crippen LogP contribution in [0.25, 0.3) is 0 Å². The number of halogens is 1. The summed E-state index contributed by atoms with van der Waals surface area (Å²) >= 11 is 0. The molecule has 0 aliphatic carbocycles. The molecule has 2 N–H and O–H groups in total. The number of benzene rings is 1. The molecule has 1 fully saturated rings. The molecule has 8 nitrogen and oxygen atoms in total. The van der Waals surface area contributed by atoms with Crippen LogP contribution < -0.4 is 16.3 Å². The number of guanidine groups is 1. The minimum atomic E-state index is 0. The Kier molecular flexibility index (Phi) is 10.2. The number of nitrogens with zero attached hydrogens (tertiary/aromatic N) is 5. The molecule has 4 rings (SSSR count). The zero-order valence-electron chi connectivity index (χ0n) is 19.7. The van der Waals surface area contributed by atoms with Gasteiger partial charge in [0.2, 0.25) is 0 Å². The van der Waals surface area contributed by atoms with Crippen LogP contribution in [-0.4, -0.2) is 57.9 Å². The first-order chi connectivity index (χ1) is 15.8. The SMILES string of the molecule is CCNC(=NCC(c1ccccc1)N1CCCC1)NCCCn1nc2n(c1=O)CCCC2.I. The molecule has 9 heteroatoms. The van der Waals surface area contributed by atoms with Gasteiger partial charge in [0.1, 0.15) is 5.82 Å². The summed E-state index contributed by atoms with van der Waals surface area (Å²) in [5.74, 6) is 1.78. The van der Waals surface area contributed by atoms with Gasteiger partial charge < -0.3 is 10.6 Å². The molecular weight excluding hydrogens is 529 g/mol. The maximum absolute atomic E-state index is 12.5. The van der Waals surface area contributed by atoms with Gasteiger partial charge in [0.15, 0.2) is 5.96 Å². The highest BCUT2D eigenvalue weighted by Gasteiger charge is 2.23. The number of aliphatic imine (C=N–C) groups is 1. The van der Waals surface area contributed by atoms with Crippen LogP contribution in [0.4, 0.5) is 0 Å². The predicted molar refractivity (Wildman–Crippen MR) is 143 cm³/mol. The summed E-state index contributed by atoms with van der Waals surface area (Å²) in [6.45, 7) is 8.10. The summed E-state index contributed by atoms with van der Waals surface area (Å²) in [5, 5.41) is 11.3. The number of hydrogen-bond acceptors (Lipinski definition) is 4. The molecule has 182 valence electrons.